The van der Waals surface area contributed by atoms with E-state index in [-0.39, 0.29) is 5.91 Å². The van der Waals surface area contributed by atoms with Gasteiger partial charge in [0.25, 0.3) is 5.91 Å². The molecule has 0 saturated carbocycles. The number of hydrogen-bond donors (Lipinski definition) is 1. The Labute approximate surface area is 149 Å². The van der Waals surface area contributed by atoms with Gasteiger partial charge in [0.1, 0.15) is 11.4 Å². The number of rotatable bonds is 8. The minimum absolute atomic E-state index is 0.126. The molecule has 0 atom stereocenters. The first-order valence-corrected chi connectivity index (χ1v) is 8.56. The van der Waals surface area contributed by atoms with Gasteiger partial charge >= 0.3 is 0 Å². The lowest BCUT2D eigenvalue weighted by atomic mass is 10.2. The van der Waals surface area contributed by atoms with Crippen molar-refractivity contribution in [2.45, 2.75) is 39.7 Å². The summed E-state index contributed by atoms with van der Waals surface area (Å²) in [4.78, 5) is 12.3. The minimum Gasteiger partial charge on any atom is -0.494 e. The molecule has 132 valence electrons. The molecule has 5 heteroatoms. The molecule has 1 N–H and O–H groups in total. The third-order valence-corrected chi connectivity index (χ3v) is 3.77. The van der Waals surface area contributed by atoms with Gasteiger partial charge < -0.3 is 10.1 Å². The van der Waals surface area contributed by atoms with Gasteiger partial charge in [-0.05, 0) is 43.5 Å². The Morgan fingerprint density at radius 1 is 1.36 bits per heavy atom. The van der Waals surface area contributed by atoms with Crippen LogP contribution in [0.4, 0.5) is 0 Å². The summed E-state index contributed by atoms with van der Waals surface area (Å²) in [6, 6.07) is 9.60. The second-order valence-electron chi connectivity index (χ2n) is 5.71. The van der Waals surface area contributed by atoms with Crippen molar-refractivity contribution in [1.82, 2.24) is 15.1 Å². The highest BCUT2D eigenvalue weighted by atomic mass is 16.5. The van der Waals surface area contributed by atoms with Gasteiger partial charge in [-0.3, -0.25) is 9.48 Å². The van der Waals surface area contributed by atoms with Crippen LogP contribution in [0.1, 0.15) is 48.4 Å². The zero-order valence-corrected chi connectivity index (χ0v) is 15.1. The number of aromatic nitrogens is 2. The summed E-state index contributed by atoms with van der Waals surface area (Å²) in [5.41, 5.74) is 2.48. The van der Waals surface area contributed by atoms with Crippen LogP contribution >= 0.6 is 0 Å². The van der Waals surface area contributed by atoms with Gasteiger partial charge in [0, 0.05) is 20.0 Å². The highest BCUT2D eigenvalue weighted by molar-refractivity contribution is 5.92. The molecule has 1 heterocycles. The fourth-order valence-electron chi connectivity index (χ4n) is 2.41. The fraction of sp³-hybridized carbons (Fsp3) is 0.400. The first-order valence-electron chi connectivity index (χ1n) is 8.56. The van der Waals surface area contributed by atoms with E-state index in [0.717, 1.165) is 36.3 Å². The first kappa shape index (κ1) is 18.6. The van der Waals surface area contributed by atoms with Crippen molar-refractivity contribution in [3.8, 4) is 17.6 Å². The molecule has 0 aliphatic heterocycles. The van der Waals surface area contributed by atoms with E-state index in [4.69, 9.17) is 4.74 Å². The lowest BCUT2D eigenvalue weighted by Crippen LogP contribution is -2.25. The monoisotopic (exact) mass is 339 g/mol. The zero-order chi connectivity index (χ0) is 18.1. The molecule has 0 unspecified atom stereocenters. The van der Waals surface area contributed by atoms with Crippen molar-refractivity contribution >= 4 is 5.91 Å². The number of ether oxygens (including phenoxy) is 1. The molecule has 0 aliphatic rings. The van der Waals surface area contributed by atoms with E-state index in [1.165, 1.54) is 0 Å². The van der Waals surface area contributed by atoms with Crippen LogP contribution in [0.15, 0.2) is 30.3 Å². The third kappa shape index (κ3) is 5.68. The Balaban J connectivity index is 1.87. The maximum absolute atomic E-state index is 12.3. The molecule has 0 aliphatic carbocycles. The highest BCUT2D eigenvalue weighted by Gasteiger charge is 2.12. The van der Waals surface area contributed by atoms with Crippen LogP contribution in [-0.2, 0) is 20.0 Å². The van der Waals surface area contributed by atoms with E-state index in [9.17, 15) is 4.79 Å². The van der Waals surface area contributed by atoms with Gasteiger partial charge in [0.05, 0.1) is 12.3 Å². The van der Waals surface area contributed by atoms with Gasteiger partial charge in [0.2, 0.25) is 0 Å². The van der Waals surface area contributed by atoms with Crippen LogP contribution in [0.2, 0.25) is 0 Å². The summed E-state index contributed by atoms with van der Waals surface area (Å²) in [6.45, 7) is 4.95. The van der Waals surface area contributed by atoms with Gasteiger partial charge in [-0.25, -0.2) is 0 Å². The molecule has 0 saturated heterocycles. The lowest BCUT2D eigenvalue weighted by Gasteiger charge is -2.09. The fourth-order valence-corrected chi connectivity index (χ4v) is 2.41. The maximum Gasteiger partial charge on any atom is 0.269 e. The molecule has 2 aromatic rings. The molecule has 5 nitrogen and oxygen atoms in total. The molecule has 2 rings (SSSR count). The number of aryl methyl sites for hydroxylation is 2. The number of carbonyl (C=O) groups excluding carboxylic acids is 1. The SMILES string of the molecule is CC#CCCCOc1cccc(CNC(=O)c2cc(CC)nn2C)c1. The van der Waals surface area contributed by atoms with Crippen LogP contribution in [0.3, 0.4) is 0 Å². The Bertz CT molecular complexity index is 769. The van der Waals surface area contributed by atoms with Crippen molar-refractivity contribution in [3.63, 3.8) is 0 Å². The molecule has 25 heavy (non-hydrogen) atoms. The number of unbranched alkanes of at least 4 members (excludes halogenated alkanes) is 1. The van der Waals surface area contributed by atoms with Crippen LogP contribution in [-0.4, -0.2) is 22.3 Å². The van der Waals surface area contributed by atoms with Crippen molar-refractivity contribution in [3.05, 3.63) is 47.3 Å². The van der Waals surface area contributed by atoms with Crippen molar-refractivity contribution in [2.75, 3.05) is 6.61 Å². The van der Waals surface area contributed by atoms with Crippen molar-refractivity contribution in [1.29, 1.82) is 0 Å². The van der Waals surface area contributed by atoms with Crippen LogP contribution in [0.25, 0.3) is 0 Å². The Hall–Kier alpha value is -2.74. The van der Waals surface area contributed by atoms with E-state index >= 15 is 0 Å². The van der Waals surface area contributed by atoms with E-state index in [1.54, 1.807) is 11.7 Å². The minimum atomic E-state index is -0.126. The zero-order valence-electron chi connectivity index (χ0n) is 15.1. The second kappa shape index (κ2) is 9.53. The average molecular weight is 339 g/mol. The molecular weight excluding hydrogens is 314 g/mol. The quantitative estimate of drug-likeness (QED) is 0.594. The molecule has 0 spiro atoms. The van der Waals surface area contributed by atoms with Gasteiger partial charge in [-0.2, -0.15) is 5.10 Å². The summed E-state index contributed by atoms with van der Waals surface area (Å²) in [7, 11) is 1.78. The summed E-state index contributed by atoms with van der Waals surface area (Å²) >= 11 is 0. The van der Waals surface area contributed by atoms with Gasteiger partial charge in [-0.15, -0.1) is 11.8 Å². The average Bonchev–Trinajstić information content (AvgIpc) is 3.01. The molecule has 1 amide bonds. The summed E-state index contributed by atoms with van der Waals surface area (Å²) < 4.78 is 7.35. The molecule has 1 aromatic heterocycles. The molecular formula is C20H25N3O2. The van der Waals surface area contributed by atoms with E-state index < -0.39 is 0 Å². The number of amides is 1. The number of carbonyl (C=O) groups is 1. The van der Waals surface area contributed by atoms with E-state index in [0.29, 0.717) is 18.8 Å². The van der Waals surface area contributed by atoms with Gasteiger partial charge in [-0.1, -0.05) is 19.1 Å². The largest absolute Gasteiger partial charge is 0.494 e. The predicted octanol–water partition coefficient (Wildman–Crippen LogP) is 3.09. The number of hydrogen-bond acceptors (Lipinski definition) is 3. The molecule has 1 aromatic carbocycles. The predicted molar refractivity (Wildman–Crippen MR) is 98.4 cm³/mol. The van der Waals surface area contributed by atoms with Crippen LogP contribution in [0, 0.1) is 11.8 Å². The Morgan fingerprint density at radius 2 is 2.20 bits per heavy atom. The van der Waals surface area contributed by atoms with E-state index in [1.807, 2.05) is 44.2 Å². The number of nitrogens with one attached hydrogen (secondary N) is 1. The lowest BCUT2D eigenvalue weighted by molar-refractivity contribution is 0.0941. The van der Waals surface area contributed by atoms with Crippen LogP contribution < -0.4 is 10.1 Å². The summed E-state index contributed by atoms with van der Waals surface area (Å²) in [5.74, 6) is 6.58. The standard InChI is InChI=1S/C20H25N3O2/c1-4-6-7-8-12-25-18-11-9-10-16(13-18)15-21-20(24)19-14-17(5-2)22-23(19)3/h9-11,13-14H,5,7-8,12,15H2,1-3H3,(H,21,24). The topological polar surface area (TPSA) is 56.1 Å². The highest BCUT2D eigenvalue weighted by Crippen LogP contribution is 2.14. The molecule has 0 fully saturated rings. The van der Waals surface area contributed by atoms with Gasteiger partial charge in [0.15, 0.2) is 0 Å². The summed E-state index contributed by atoms with van der Waals surface area (Å²) in [5, 5.41) is 7.23. The normalized spacial score (nSPS) is 10.0. The van der Waals surface area contributed by atoms with Crippen molar-refractivity contribution < 1.29 is 9.53 Å². The molecule has 0 bridgehead atoms. The Morgan fingerprint density at radius 3 is 2.92 bits per heavy atom. The third-order valence-electron chi connectivity index (χ3n) is 3.77. The Kier molecular flexibility index (Phi) is 7.09. The number of nitrogens with zero attached hydrogens (tertiary/aromatic N) is 2. The van der Waals surface area contributed by atoms with Crippen LogP contribution in [0.5, 0.6) is 5.75 Å². The number of benzene rings is 1. The smallest absolute Gasteiger partial charge is 0.269 e. The van der Waals surface area contributed by atoms with E-state index in [2.05, 4.69) is 22.3 Å². The second-order valence-corrected chi connectivity index (χ2v) is 5.71. The summed E-state index contributed by atoms with van der Waals surface area (Å²) in [6.07, 6.45) is 2.56. The first-order chi connectivity index (χ1) is 12.1. The maximum atomic E-state index is 12.3. The molecule has 0 radical (unpaired) electrons. The van der Waals surface area contributed by atoms with Crippen molar-refractivity contribution in [2.24, 2.45) is 7.05 Å².